The molecule has 2 aromatic heterocycles. The predicted molar refractivity (Wildman–Crippen MR) is 130 cm³/mol. The number of carbonyl (C=O) groups excluding carboxylic acids is 2. The molecule has 0 radical (unpaired) electrons. The largest absolute Gasteiger partial charge is 0.481 e. The fourth-order valence-electron chi connectivity index (χ4n) is 3.43. The molecule has 2 unspecified atom stereocenters. The van der Waals surface area contributed by atoms with Gasteiger partial charge in [-0.25, -0.2) is 4.68 Å². The van der Waals surface area contributed by atoms with Crippen LogP contribution in [0.1, 0.15) is 5.82 Å². The number of nitrogens with two attached hydrogens (primary N) is 1. The van der Waals surface area contributed by atoms with Crippen molar-refractivity contribution in [2.24, 2.45) is 10.6 Å². The van der Waals surface area contributed by atoms with Gasteiger partial charge in [0.15, 0.2) is 5.13 Å². The summed E-state index contributed by atoms with van der Waals surface area (Å²) in [6.45, 7) is 0.00545. The maximum absolute atomic E-state index is 12.9. The number of carboxylic acids is 1. The molecule has 2 saturated heterocycles. The number of oxime groups is 1. The Morgan fingerprint density at radius 1 is 1.46 bits per heavy atom. The number of nitrogen functional groups attached to an aromatic ring is 1. The summed E-state index contributed by atoms with van der Waals surface area (Å²) in [5.41, 5.74) is 4.17. The number of tetrazole rings is 1. The average Bonchev–Trinajstić information content (AvgIpc) is 3.48. The van der Waals surface area contributed by atoms with Gasteiger partial charge in [0.25, 0.3) is 5.91 Å². The maximum Gasteiger partial charge on any atom is 0.313 e. The van der Waals surface area contributed by atoms with Crippen LogP contribution in [0.15, 0.2) is 10.3 Å². The Morgan fingerprint density at radius 3 is 2.91 bits per heavy atom. The minimum Gasteiger partial charge on any atom is -0.481 e. The Balaban J connectivity index is 1.42. The molecule has 0 bridgehead atoms. The van der Waals surface area contributed by atoms with Gasteiger partial charge >= 0.3 is 5.97 Å². The van der Waals surface area contributed by atoms with Crippen molar-refractivity contribution in [2.75, 3.05) is 37.1 Å². The lowest BCUT2D eigenvalue weighted by atomic mass is 9.89. The van der Waals surface area contributed by atoms with E-state index >= 15 is 0 Å². The van der Waals surface area contributed by atoms with Crippen LogP contribution >= 0.6 is 46.8 Å². The molecule has 3 atom stereocenters. The van der Waals surface area contributed by atoms with Gasteiger partial charge in [-0.15, -0.1) is 28.6 Å². The fraction of sp³-hybridized carbons (Fsp3) is 0.562. The van der Waals surface area contributed by atoms with E-state index in [9.17, 15) is 19.5 Å². The highest BCUT2D eigenvalue weighted by atomic mass is 32.2. The number of aliphatic carboxylic acids is 1. The third-order valence-electron chi connectivity index (χ3n) is 5.16. The SMILES string of the molecule is CON=C(C(=O)NC1C(=O)N2CC(CSc3nnnn3CSC)(C(=O)O)CS[C@H]12)c1nsc(N)n1. The van der Waals surface area contributed by atoms with Gasteiger partial charge in [-0.3, -0.25) is 14.4 Å². The minimum atomic E-state index is -1.20. The predicted octanol–water partition coefficient (Wildman–Crippen LogP) is -0.959. The Labute approximate surface area is 215 Å². The standard InChI is InChI=1S/C16H20N10O5S4/c1-31-21-7(9-19-14(17)35-22-9)10(27)18-8-11(28)25-3-16(13(29)30,4-33-12(8)25)5-34-15-20-23-24-26(15)6-32-2/h8,12H,3-6H2,1-2H3,(H,18,27)(H,29,30)(H2,17,19,22)/t8?,12-,16?/m1/s1. The van der Waals surface area contributed by atoms with Crippen LogP contribution in [0.4, 0.5) is 5.13 Å². The monoisotopic (exact) mass is 560 g/mol. The average molecular weight is 561 g/mol. The molecule has 2 amide bonds. The second-order valence-electron chi connectivity index (χ2n) is 7.45. The lowest BCUT2D eigenvalue weighted by Gasteiger charge is -2.53. The highest BCUT2D eigenvalue weighted by Crippen LogP contribution is 2.44. The first-order valence-corrected chi connectivity index (χ1v) is 14.0. The van der Waals surface area contributed by atoms with Crippen LogP contribution in [-0.4, -0.2) is 106 Å². The summed E-state index contributed by atoms with van der Waals surface area (Å²) in [7, 11) is 1.26. The molecule has 4 rings (SSSR count). The van der Waals surface area contributed by atoms with E-state index in [0.717, 1.165) is 11.5 Å². The number of carbonyl (C=O) groups is 3. The number of hydrogen-bond acceptors (Lipinski definition) is 15. The van der Waals surface area contributed by atoms with Crippen LogP contribution in [0.3, 0.4) is 0 Å². The fourth-order valence-corrected chi connectivity index (χ4v) is 7.10. The smallest absolute Gasteiger partial charge is 0.313 e. The van der Waals surface area contributed by atoms with Crippen LogP contribution in [-0.2, 0) is 25.1 Å². The normalized spacial score (nSPS) is 24.0. The highest BCUT2D eigenvalue weighted by molar-refractivity contribution is 8.00. The Bertz CT molecular complexity index is 1160. The summed E-state index contributed by atoms with van der Waals surface area (Å²) in [6, 6.07) is -0.848. The second kappa shape index (κ2) is 10.5. The molecule has 0 spiro atoms. The number of aromatic nitrogens is 6. The van der Waals surface area contributed by atoms with E-state index in [2.05, 4.69) is 35.4 Å². The van der Waals surface area contributed by atoms with Gasteiger partial charge in [0, 0.05) is 29.6 Å². The highest BCUT2D eigenvalue weighted by Gasteiger charge is 2.57. The van der Waals surface area contributed by atoms with Gasteiger partial charge in [0.05, 0.1) is 5.88 Å². The van der Waals surface area contributed by atoms with Crippen molar-refractivity contribution in [1.82, 2.24) is 39.8 Å². The molecular formula is C16H20N10O5S4. The molecule has 0 saturated carbocycles. The first-order valence-electron chi connectivity index (χ1n) is 9.84. The summed E-state index contributed by atoms with van der Waals surface area (Å²) in [5.74, 6) is -1.16. The van der Waals surface area contributed by atoms with Crippen molar-refractivity contribution in [3.8, 4) is 0 Å². The molecule has 188 valence electrons. The van der Waals surface area contributed by atoms with Gasteiger partial charge in [-0.05, 0) is 16.7 Å². The van der Waals surface area contributed by atoms with Crippen molar-refractivity contribution < 1.29 is 24.3 Å². The number of anilines is 1. The van der Waals surface area contributed by atoms with E-state index < -0.39 is 28.7 Å². The summed E-state index contributed by atoms with van der Waals surface area (Å²) in [6.07, 6.45) is 1.91. The molecule has 2 fully saturated rings. The molecular weight excluding hydrogens is 541 g/mol. The van der Waals surface area contributed by atoms with Crippen molar-refractivity contribution >= 4 is 75.4 Å². The Morgan fingerprint density at radius 2 is 2.26 bits per heavy atom. The lowest BCUT2D eigenvalue weighted by Crippen LogP contribution is -2.74. The molecule has 0 aromatic carbocycles. The molecule has 19 heteroatoms. The van der Waals surface area contributed by atoms with Gasteiger partial charge in [0.2, 0.25) is 22.6 Å². The van der Waals surface area contributed by atoms with E-state index in [1.165, 1.54) is 47.3 Å². The molecule has 2 aliphatic heterocycles. The van der Waals surface area contributed by atoms with Crippen LogP contribution in [0.5, 0.6) is 0 Å². The third-order valence-corrected chi connectivity index (χ3v) is 9.04. The number of β-lactam (4-membered cyclic amide) rings is 1. The molecule has 4 N–H and O–H groups in total. The van der Waals surface area contributed by atoms with Crippen molar-refractivity contribution in [2.45, 2.75) is 22.4 Å². The number of rotatable bonds is 10. The number of fused-ring (bicyclic) bond motifs is 1. The summed E-state index contributed by atoms with van der Waals surface area (Å²) in [5, 5.41) is 28.1. The minimum absolute atomic E-state index is 0.00545. The maximum atomic E-state index is 12.9. The van der Waals surface area contributed by atoms with Gasteiger partial charge < -0.3 is 25.9 Å². The zero-order valence-electron chi connectivity index (χ0n) is 18.4. The van der Waals surface area contributed by atoms with E-state index in [-0.39, 0.29) is 40.6 Å². The first-order chi connectivity index (χ1) is 16.8. The number of amides is 2. The first kappa shape index (κ1) is 25.5. The number of carboxylic acid groups (broad SMARTS) is 1. The molecule has 0 aliphatic carbocycles. The number of nitrogens with one attached hydrogen (secondary N) is 1. The van der Waals surface area contributed by atoms with E-state index in [1.807, 2.05) is 6.26 Å². The summed E-state index contributed by atoms with van der Waals surface area (Å²) in [4.78, 5) is 48.0. The molecule has 2 aliphatic rings. The zero-order valence-corrected chi connectivity index (χ0v) is 21.6. The van der Waals surface area contributed by atoms with Crippen LogP contribution in [0.25, 0.3) is 0 Å². The van der Waals surface area contributed by atoms with E-state index in [1.54, 1.807) is 4.68 Å². The number of hydrogen-bond donors (Lipinski definition) is 3. The van der Waals surface area contributed by atoms with E-state index in [4.69, 9.17) is 10.6 Å². The molecule has 15 nitrogen and oxygen atoms in total. The van der Waals surface area contributed by atoms with Gasteiger partial charge in [-0.2, -0.15) is 9.36 Å². The summed E-state index contributed by atoms with van der Waals surface area (Å²) >= 11 is 4.95. The third kappa shape index (κ3) is 5.02. The number of thioether (sulfide) groups is 3. The van der Waals surface area contributed by atoms with Gasteiger partial charge in [0.1, 0.15) is 23.9 Å². The van der Waals surface area contributed by atoms with Crippen LogP contribution in [0, 0.1) is 5.41 Å². The molecule has 35 heavy (non-hydrogen) atoms. The van der Waals surface area contributed by atoms with Crippen molar-refractivity contribution in [3.63, 3.8) is 0 Å². The quantitative estimate of drug-likeness (QED) is 0.139. The Kier molecular flexibility index (Phi) is 7.67. The van der Waals surface area contributed by atoms with Crippen LogP contribution in [0.2, 0.25) is 0 Å². The van der Waals surface area contributed by atoms with Gasteiger partial charge in [-0.1, -0.05) is 16.9 Å². The lowest BCUT2D eigenvalue weighted by molar-refractivity contribution is -0.157. The Hall–Kier alpha value is -2.64. The molecule has 2 aromatic rings. The molecule has 4 heterocycles. The van der Waals surface area contributed by atoms with Crippen molar-refractivity contribution in [3.05, 3.63) is 5.82 Å². The van der Waals surface area contributed by atoms with E-state index in [0.29, 0.717) is 11.0 Å². The topological polar surface area (TPSA) is 204 Å². The zero-order chi connectivity index (χ0) is 25.2. The van der Waals surface area contributed by atoms with Crippen LogP contribution < -0.4 is 11.1 Å². The second-order valence-corrected chi connectivity index (χ2v) is 11.1. The summed E-state index contributed by atoms with van der Waals surface area (Å²) < 4.78 is 5.55. The number of nitrogens with zero attached hydrogens (tertiary/aromatic N) is 8. The van der Waals surface area contributed by atoms with Crippen molar-refractivity contribution in [1.29, 1.82) is 0 Å².